The smallest absolute Gasteiger partial charge is 0.260 e. The molecule has 0 spiro atoms. The third-order valence-corrected chi connectivity index (χ3v) is 2.44. The third-order valence-electron chi connectivity index (χ3n) is 2.44. The Hall–Kier alpha value is -1.51. The number of carbonyl (C=O) groups is 1. The van der Waals surface area contributed by atoms with Gasteiger partial charge in [-0.05, 0) is 44.9 Å². The van der Waals surface area contributed by atoms with Crippen molar-refractivity contribution in [2.75, 3.05) is 0 Å². The Morgan fingerprint density at radius 1 is 1.24 bits per heavy atom. The Morgan fingerprint density at radius 3 is 2.29 bits per heavy atom. The van der Waals surface area contributed by atoms with Gasteiger partial charge in [0, 0.05) is 6.04 Å². The first-order valence-corrected chi connectivity index (χ1v) is 6.09. The van der Waals surface area contributed by atoms with E-state index in [1.807, 2.05) is 38.1 Å². The van der Waals surface area contributed by atoms with E-state index in [4.69, 9.17) is 4.74 Å². The number of aryl methyl sites for hydroxylation is 1. The highest BCUT2D eigenvalue weighted by Gasteiger charge is 2.14. The van der Waals surface area contributed by atoms with Gasteiger partial charge in [0.25, 0.3) is 5.91 Å². The van der Waals surface area contributed by atoms with E-state index in [2.05, 4.69) is 12.2 Å². The van der Waals surface area contributed by atoms with Crippen molar-refractivity contribution in [3.05, 3.63) is 29.8 Å². The van der Waals surface area contributed by atoms with Gasteiger partial charge in [-0.15, -0.1) is 0 Å². The summed E-state index contributed by atoms with van der Waals surface area (Å²) in [5.74, 6) is 0.646. The molecule has 94 valence electrons. The summed E-state index contributed by atoms with van der Waals surface area (Å²) in [5.41, 5.74) is 1.26. The van der Waals surface area contributed by atoms with Crippen molar-refractivity contribution in [2.24, 2.45) is 0 Å². The zero-order chi connectivity index (χ0) is 12.8. The zero-order valence-electron chi connectivity index (χ0n) is 11.0. The van der Waals surface area contributed by atoms with E-state index in [1.165, 1.54) is 5.56 Å². The molecule has 0 radical (unpaired) electrons. The first-order valence-electron chi connectivity index (χ1n) is 6.09. The number of nitrogens with one attached hydrogen (secondary N) is 1. The van der Waals surface area contributed by atoms with Crippen molar-refractivity contribution in [1.82, 2.24) is 5.32 Å². The molecule has 1 aromatic rings. The zero-order valence-corrected chi connectivity index (χ0v) is 11.0. The first-order chi connectivity index (χ1) is 8.02. The normalized spacial score (nSPS) is 12.3. The van der Waals surface area contributed by atoms with Crippen LogP contribution in [0, 0.1) is 0 Å². The van der Waals surface area contributed by atoms with Crippen LogP contribution in [0.25, 0.3) is 0 Å². The van der Waals surface area contributed by atoms with Crippen molar-refractivity contribution in [1.29, 1.82) is 0 Å². The second kappa shape index (κ2) is 6.28. The van der Waals surface area contributed by atoms with Gasteiger partial charge in [-0.2, -0.15) is 0 Å². The van der Waals surface area contributed by atoms with Gasteiger partial charge in [0.1, 0.15) is 5.75 Å². The summed E-state index contributed by atoms with van der Waals surface area (Å²) in [7, 11) is 0. The fraction of sp³-hybridized carbons (Fsp3) is 0.500. The molecule has 1 N–H and O–H groups in total. The van der Waals surface area contributed by atoms with Gasteiger partial charge in [-0.1, -0.05) is 19.1 Å². The molecule has 1 rings (SSSR count). The molecule has 1 atom stereocenters. The number of rotatable bonds is 5. The standard InChI is InChI=1S/C14H21NO2/c1-5-12-6-8-13(9-7-12)17-11(4)14(16)15-10(2)3/h6-11H,5H2,1-4H3,(H,15,16). The minimum Gasteiger partial charge on any atom is -0.481 e. The average molecular weight is 235 g/mol. The number of carbonyl (C=O) groups excluding carboxylic acids is 1. The second-order valence-electron chi connectivity index (χ2n) is 4.42. The summed E-state index contributed by atoms with van der Waals surface area (Å²) in [6, 6.07) is 7.97. The minimum absolute atomic E-state index is 0.0837. The van der Waals surface area contributed by atoms with Crippen LogP contribution in [0.1, 0.15) is 33.3 Å². The fourth-order valence-electron chi connectivity index (χ4n) is 1.46. The van der Waals surface area contributed by atoms with E-state index in [9.17, 15) is 4.79 Å². The highest BCUT2D eigenvalue weighted by atomic mass is 16.5. The molecular weight excluding hydrogens is 214 g/mol. The van der Waals surface area contributed by atoms with E-state index in [0.717, 1.165) is 12.2 Å². The van der Waals surface area contributed by atoms with Crippen molar-refractivity contribution in [3.63, 3.8) is 0 Å². The van der Waals surface area contributed by atoms with Crippen molar-refractivity contribution in [2.45, 2.75) is 46.3 Å². The molecule has 0 fully saturated rings. The molecule has 0 saturated carbocycles. The summed E-state index contributed by atoms with van der Waals surface area (Å²) in [4.78, 5) is 11.6. The Morgan fingerprint density at radius 2 is 1.82 bits per heavy atom. The number of hydrogen-bond donors (Lipinski definition) is 1. The predicted molar refractivity (Wildman–Crippen MR) is 69.2 cm³/mol. The maximum Gasteiger partial charge on any atom is 0.260 e. The van der Waals surface area contributed by atoms with E-state index >= 15 is 0 Å². The topological polar surface area (TPSA) is 38.3 Å². The van der Waals surface area contributed by atoms with Crippen molar-refractivity contribution in [3.8, 4) is 5.75 Å². The summed E-state index contributed by atoms with van der Waals surface area (Å²) in [5, 5.41) is 2.82. The van der Waals surface area contributed by atoms with Gasteiger partial charge in [0.15, 0.2) is 6.10 Å². The molecule has 3 heteroatoms. The average Bonchev–Trinajstić information content (AvgIpc) is 2.29. The lowest BCUT2D eigenvalue weighted by Gasteiger charge is -2.16. The lowest BCUT2D eigenvalue weighted by atomic mass is 10.2. The Bertz CT molecular complexity index is 357. The number of benzene rings is 1. The highest BCUT2D eigenvalue weighted by Crippen LogP contribution is 2.14. The molecule has 1 aromatic carbocycles. The van der Waals surface area contributed by atoms with Crippen molar-refractivity contribution < 1.29 is 9.53 Å². The Balaban J connectivity index is 2.55. The van der Waals surface area contributed by atoms with Gasteiger partial charge >= 0.3 is 0 Å². The maximum atomic E-state index is 11.6. The number of hydrogen-bond acceptors (Lipinski definition) is 2. The molecule has 0 aliphatic heterocycles. The fourth-order valence-corrected chi connectivity index (χ4v) is 1.46. The molecule has 0 bridgehead atoms. The first kappa shape index (κ1) is 13.6. The monoisotopic (exact) mass is 235 g/mol. The van der Waals surface area contributed by atoms with Gasteiger partial charge in [-0.25, -0.2) is 0 Å². The summed E-state index contributed by atoms with van der Waals surface area (Å²) in [6.07, 6.45) is 0.536. The van der Waals surface area contributed by atoms with Crippen LogP contribution in [0.3, 0.4) is 0 Å². The quantitative estimate of drug-likeness (QED) is 0.851. The van der Waals surface area contributed by atoms with Crippen LogP contribution in [-0.4, -0.2) is 18.1 Å². The summed E-state index contributed by atoms with van der Waals surface area (Å²) < 4.78 is 5.56. The Labute approximate surface area is 103 Å². The maximum absolute atomic E-state index is 11.6. The minimum atomic E-state index is -0.468. The van der Waals surface area contributed by atoms with Crippen LogP contribution in [0.5, 0.6) is 5.75 Å². The molecule has 3 nitrogen and oxygen atoms in total. The molecule has 0 aliphatic carbocycles. The van der Waals surface area contributed by atoms with Crippen LogP contribution in [0.2, 0.25) is 0 Å². The lowest BCUT2D eigenvalue weighted by molar-refractivity contribution is -0.127. The van der Waals surface area contributed by atoms with E-state index in [-0.39, 0.29) is 11.9 Å². The van der Waals surface area contributed by atoms with Gasteiger partial charge in [-0.3, -0.25) is 4.79 Å². The molecule has 0 aromatic heterocycles. The second-order valence-corrected chi connectivity index (χ2v) is 4.42. The number of ether oxygens (including phenoxy) is 1. The van der Waals surface area contributed by atoms with Crippen LogP contribution >= 0.6 is 0 Å². The summed E-state index contributed by atoms with van der Waals surface area (Å²) >= 11 is 0. The van der Waals surface area contributed by atoms with Crippen LogP contribution in [0.4, 0.5) is 0 Å². The largest absolute Gasteiger partial charge is 0.481 e. The van der Waals surface area contributed by atoms with Gasteiger partial charge < -0.3 is 10.1 Å². The highest BCUT2D eigenvalue weighted by molar-refractivity contribution is 5.80. The van der Waals surface area contributed by atoms with Crippen molar-refractivity contribution >= 4 is 5.91 Å². The molecule has 0 aliphatic rings. The van der Waals surface area contributed by atoms with Crippen LogP contribution < -0.4 is 10.1 Å². The third kappa shape index (κ3) is 4.47. The summed E-state index contributed by atoms with van der Waals surface area (Å²) in [6.45, 7) is 7.72. The Kier molecular flexibility index (Phi) is 5.01. The van der Waals surface area contributed by atoms with Gasteiger partial charge in [0.2, 0.25) is 0 Å². The van der Waals surface area contributed by atoms with Gasteiger partial charge in [0.05, 0.1) is 0 Å². The van der Waals surface area contributed by atoms with Crippen LogP contribution in [0.15, 0.2) is 24.3 Å². The molecular formula is C14H21NO2. The van der Waals surface area contributed by atoms with E-state index < -0.39 is 6.10 Å². The number of amides is 1. The molecule has 1 amide bonds. The SMILES string of the molecule is CCc1ccc(OC(C)C(=O)NC(C)C)cc1. The molecule has 1 unspecified atom stereocenters. The molecule has 0 saturated heterocycles. The predicted octanol–water partition coefficient (Wildman–Crippen LogP) is 2.54. The van der Waals surface area contributed by atoms with E-state index in [1.54, 1.807) is 6.92 Å². The molecule has 0 heterocycles. The van der Waals surface area contributed by atoms with Crippen LogP contribution in [-0.2, 0) is 11.2 Å². The van der Waals surface area contributed by atoms with E-state index in [0.29, 0.717) is 0 Å². The molecule has 17 heavy (non-hydrogen) atoms. The lowest BCUT2D eigenvalue weighted by Crippen LogP contribution is -2.40.